The molecule has 5 nitrogen and oxygen atoms in total. The Morgan fingerprint density at radius 1 is 1.09 bits per heavy atom. The van der Waals surface area contributed by atoms with Gasteiger partial charge in [-0.25, -0.2) is 4.79 Å². The number of nitrogens with one attached hydrogen (secondary N) is 2. The Balaban J connectivity index is 2.08. The van der Waals surface area contributed by atoms with Crippen LogP contribution in [0.5, 0.6) is 5.75 Å². The molecule has 0 fully saturated rings. The molecule has 22 heavy (non-hydrogen) atoms. The number of imide groups is 1. The van der Waals surface area contributed by atoms with Crippen LogP contribution in [0.4, 0.5) is 10.5 Å². The van der Waals surface area contributed by atoms with Crippen LogP contribution >= 0.6 is 23.2 Å². The fourth-order valence-electron chi connectivity index (χ4n) is 1.74. The van der Waals surface area contributed by atoms with E-state index in [2.05, 4.69) is 10.6 Å². The summed E-state index contributed by atoms with van der Waals surface area (Å²) in [6.07, 6.45) is 0. The number of benzene rings is 2. The number of hydrogen-bond acceptors (Lipinski definition) is 3. The fraction of sp³-hybridized carbons (Fsp3) is 0.0667. The second-order valence-electron chi connectivity index (χ2n) is 4.23. The van der Waals surface area contributed by atoms with Gasteiger partial charge in [-0.2, -0.15) is 0 Å². The minimum absolute atomic E-state index is 0.211. The van der Waals surface area contributed by atoms with Gasteiger partial charge >= 0.3 is 6.03 Å². The Kier molecular flexibility index (Phi) is 5.25. The van der Waals surface area contributed by atoms with Crippen LogP contribution in [0.3, 0.4) is 0 Å². The van der Waals surface area contributed by atoms with Crippen LogP contribution in [-0.2, 0) is 0 Å². The van der Waals surface area contributed by atoms with E-state index in [1.54, 1.807) is 36.4 Å². The number of halogens is 2. The number of carbonyl (C=O) groups is 2. The van der Waals surface area contributed by atoms with Gasteiger partial charge in [-0.15, -0.1) is 0 Å². The SMILES string of the molecule is COc1cc(Cl)ccc1NC(=O)NC(=O)c1ccccc1Cl. The highest BCUT2D eigenvalue weighted by Gasteiger charge is 2.14. The van der Waals surface area contributed by atoms with Crippen LogP contribution in [0.25, 0.3) is 0 Å². The van der Waals surface area contributed by atoms with E-state index < -0.39 is 11.9 Å². The maximum atomic E-state index is 12.0. The van der Waals surface area contributed by atoms with E-state index in [9.17, 15) is 9.59 Å². The molecule has 0 heterocycles. The van der Waals surface area contributed by atoms with Crippen LogP contribution < -0.4 is 15.4 Å². The molecule has 0 bridgehead atoms. The van der Waals surface area contributed by atoms with E-state index in [0.717, 1.165) is 0 Å². The Bertz CT molecular complexity index is 720. The zero-order chi connectivity index (χ0) is 16.1. The summed E-state index contributed by atoms with van der Waals surface area (Å²) >= 11 is 11.7. The van der Waals surface area contributed by atoms with Crippen LogP contribution in [0.15, 0.2) is 42.5 Å². The third kappa shape index (κ3) is 3.90. The van der Waals surface area contributed by atoms with E-state index in [1.165, 1.54) is 13.2 Å². The van der Waals surface area contributed by atoms with Crippen molar-refractivity contribution in [2.75, 3.05) is 12.4 Å². The van der Waals surface area contributed by atoms with Crippen molar-refractivity contribution in [2.45, 2.75) is 0 Å². The first-order valence-electron chi connectivity index (χ1n) is 6.21. The van der Waals surface area contributed by atoms with Crippen molar-refractivity contribution in [1.29, 1.82) is 0 Å². The second-order valence-corrected chi connectivity index (χ2v) is 5.08. The van der Waals surface area contributed by atoms with Crippen molar-refractivity contribution < 1.29 is 14.3 Å². The largest absolute Gasteiger partial charge is 0.495 e. The molecule has 0 spiro atoms. The van der Waals surface area contributed by atoms with Crippen molar-refractivity contribution in [3.05, 3.63) is 58.1 Å². The monoisotopic (exact) mass is 338 g/mol. The lowest BCUT2D eigenvalue weighted by Crippen LogP contribution is -2.34. The number of amides is 3. The number of methoxy groups -OCH3 is 1. The predicted octanol–water partition coefficient (Wildman–Crippen LogP) is 3.96. The summed E-state index contributed by atoms with van der Waals surface area (Å²) in [7, 11) is 1.45. The molecule has 0 unspecified atom stereocenters. The van der Waals surface area contributed by atoms with Gasteiger partial charge in [0.1, 0.15) is 5.75 Å². The summed E-state index contributed by atoms with van der Waals surface area (Å²) in [6, 6.07) is 10.4. The molecule has 0 saturated heterocycles. The second kappa shape index (κ2) is 7.15. The number of hydrogen-bond donors (Lipinski definition) is 2. The number of urea groups is 1. The van der Waals surface area contributed by atoms with Gasteiger partial charge in [-0.1, -0.05) is 35.3 Å². The standard InChI is InChI=1S/C15H12Cl2N2O3/c1-22-13-8-9(16)6-7-12(13)18-15(21)19-14(20)10-4-2-3-5-11(10)17/h2-8H,1H3,(H2,18,19,20,21). The molecule has 2 aromatic rings. The highest BCUT2D eigenvalue weighted by atomic mass is 35.5. The van der Waals surface area contributed by atoms with Gasteiger partial charge in [0.2, 0.25) is 0 Å². The Morgan fingerprint density at radius 2 is 1.82 bits per heavy atom. The summed E-state index contributed by atoms with van der Waals surface area (Å²) in [5, 5.41) is 5.43. The summed E-state index contributed by atoms with van der Waals surface area (Å²) in [5.74, 6) is -0.219. The summed E-state index contributed by atoms with van der Waals surface area (Å²) < 4.78 is 5.10. The third-order valence-electron chi connectivity index (χ3n) is 2.76. The minimum atomic E-state index is -0.703. The molecule has 114 valence electrons. The fourth-order valence-corrected chi connectivity index (χ4v) is 2.12. The van der Waals surface area contributed by atoms with Crippen molar-refractivity contribution in [3.8, 4) is 5.75 Å². The van der Waals surface area contributed by atoms with Gasteiger partial charge in [-0.3, -0.25) is 10.1 Å². The first-order valence-corrected chi connectivity index (χ1v) is 6.97. The molecular formula is C15H12Cl2N2O3. The molecule has 2 N–H and O–H groups in total. The normalized spacial score (nSPS) is 9.95. The Morgan fingerprint density at radius 3 is 2.50 bits per heavy atom. The summed E-state index contributed by atoms with van der Waals surface area (Å²) in [5.41, 5.74) is 0.596. The van der Waals surface area contributed by atoms with Gasteiger partial charge < -0.3 is 10.1 Å². The van der Waals surface area contributed by atoms with E-state index in [-0.39, 0.29) is 10.6 Å². The van der Waals surface area contributed by atoms with Gasteiger partial charge in [-0.05, 0) is 24.3 Å². The molecule has 0 aliphatic heterocycles. The first kappa shape index (κ1) is 16.1. The Hall–Kier alpha value is -2.24. The van der Waals surface area contributed by atoms with Crippen molar-refractivity contribution in [3.63, 3.8) is 0 Å². The molecule has 0 radical (unpaired) electrons. The summed E-state index contributed by atoms with van der Waals surface area (Å²) in [4.78, 5) is 23.9. The van der Waals surface area contributed by atoms with E-state index in [1.807, 2.05) is 0 Å². The highest BCUT2D eigenvalue weighted by molar-refractivity contribution is 6.34. The minimum Gasteiger partial charge on any atom is -0.495 e. The lowest BCUT2D eigenvalue weighted by molar-refractivity contribution is 0.0967. The lowest BCUT2D eigenvalue weighted by atomic mass is 10.2. The molecule has 0 aromatic heterocycles. The average molecular weight is 339 g/mol. The molecule has 0 aliphatic rings. The van der Waals surface area contributed by atoms with Crippen molar-refractivity contribution in [2.24, 2.45) is 0 Å². The van der Waals surface area contributed by atoms with Crippen molar-refractivity contribution in [1.82, 2.24) is 5.32 Å². The molecule has 7 heteroatoms. The van der Waals surface area contributed by atoms with E-state index in [4.69, 9.17) is 27.9 Å². The zero-order valence-corrected chi connectivity index (χ0v) is 13.0. The molecule has 0 saturated carbocycles. The van der Waals surface area contributed by atoms with Gasteiger partial charge in [0.25, 0.3) is 5.91 Å². The maximum Gasteiger partial charge on any atom is 0.326 e. The number of anilines is 1. The van der Waals surface area contributed by atoms with Gasteiger partial charge in [0.05, 0.1) is 23.4 Å². The van der Waals surface area contributed by atoms with E-state index >= 15 is 0 Å². The van der Waals surface area contributed by atoms with Gasteiger partial charge in [0.15, 0.2) is 0 Å². The number of ether oxygens (including phenoxy) is 1. The third-order valence-corrected chi connectivity index (χ3v) is 3.32. The molecule has 0 aliphatic carbocycles. The smallest absolute Gasteiger partial charge is 0.326 e. The molecule has 2 aromatic carbocycles. The Labute approximate surface area is 137 Å². The number of carbonyl (C=O) groups excluding carboxylic acids is 2. The topological polar surface area (TPSA) is 67.4 Å². The van der Waals surface area contributed by atoms with Crippen LogP contribution in [0.2, 0.25) is 10.0 Å². The van der Waals surface area contributed by atoms with Crippen molar-refractivity contribution >= 4 is 40.8 Å². The van der Waals surface area contributed by atoms with E-state index in [0.29, 0.717) is 16.5 Å². The first-order chi connectivity index (χ1) is 10.5. The maximum absolute atomic E-state index is 12.0. The quantitative estimate of drug-likeness (QED) is 0.889. The van der Waals surface area contributed by atoms with Crippen LogP contribution in [0, 0.1) is 0 Å². The molecular weight excluding hydrogens is 327 g/mol. The zero-order valence-electron chi connectivity index (χ0n) is 11.5. The number of rotatable bonds is 3. The van der Waals surface area contributed by atoms with Crippen LogP contribution in [-0.4, -0.2) is 19.0 Å². The average Bonchev–Trinajstić information content (AvgIpc) is 2.49. The predicted molar refractivity (Wildman–Crippen MR) is 85.9 cm³/mol. The molecule has 0 atom stereocenters. The molecule has 3 amide bonds. The summed E-state index contributed by atoms with van der Waals surface area (Å²) in [6.45, 7) is 0. The van der Waals surface area contributed by atoms with Gasteiger partial charge in [0, 0.05) is 11.1 Å². The van der Waals surface area contributed by atoms with Crippen LogP contribution in [0.1, 0.15) is 10.4 Å². The molecule has 2 rings (SSSR count). The lowest BCUT2D eigenvalue weighted by Gasteiger charge is -2.11. The highest BCUT2D eigenvalue weighted by Crippen LogP contribution is 2.27.